The molecule has 130 valence electrons. The van der Waals surface area contributed by atoms with Crippen LogP contribution in [-0.4, -0.2) is 19.3 Å². The average Bonchev–Trinajstić information content (AvgIpc) is 3.14. The summed E-state index contributed by atoms with van der Waals surface area (Å²) in [5.41, 5.74) is 1.10. The van der Waals surface area contributed by atoms with Crippen molar-refractivity contribution in [2.75, 3.05) is 10.0 Å². The van der Waals surface area contributed by atoms with Crippen LogP contribution in [0.2, 0.25) is 0 Å². The Labute approximate surface area is 153 Å². The van der Waals surface area contributed by atoms with Crippen LogP contribution in [0.1, 0.15) is 20.2 Å². The van der Waals surface area contributed by atoms with Crippen molar-refractivity contribution >= 4 is 49.4 Å². The van der Waals surface area contributed by atoms with E-state index in [1.54, 1.807) is 29.6 Å². The first-order chi connectivity index (χ1) is 11.9. The fourth-order valence-corrected chi connectivity index (χ4v) is 4.76. The largest absolute Gasteiger partial charge is 0.297 e. The highest BCUT2D eigenvalue weighted by atomic mass is 32.2. The molecular formula is C16H15N3O3S3. The summed E-state index contributed by atoms with van der Waals surface area (Å²) < 4.78 is 27.3. The summed E-state index contributed by atoms with van der Waals surface area (Å²) in [6.07, 6.45) is 0. The highest BCUT2D eigenvalue weighted by molar-refractivity contribution is 7.92. The Morgan fingerprint density at radius 1 is 1.12 bits per heavy atom. The van der Waals surface area contributed by atoms with Gasteiger partial charge in [0.15, 0.2) is 5.13 Å². The minimum absolute atomic E-state index is 0.138. The zero-order valence-corrected chi connectivity index (χ0v) is 15.9. The van der Waals surface area contributed by atoms with Crippen molar-refractivity contribution in [3.63, 3.8) is 0 Å². The molecule has 0 saturated carbocycles. The molecule has 0 saturated heterocycles. The maximum Gasteiger partial charge on any atom is 0.269 e. The van der Waals surface area contributed by atoms with Gasteiger partial charge in [0.2, 0.25) is 0 Å². The molecule has 0 aliphatic heterocycles. The molecule has 0 aliphatic carbocycles. The predicted octanol–water partition coefficient (Wildman–Crippen LogP) is 3.87. The molecule has 9 heteroatoms. The van der Waals surface area contributed by atoms with E-state index in [1.807, 2.05) is 13.8 Å². The third-order valence-electron chi connectivity index (χ3n) is 3.42. The zero-order chi connectivity index (χ0) is 18.0. The molecule has 0 fully saturated rings. The van der Waals surface area contributed by atoms with Gasteiger partial charge in [0.1, 0.15) is 4.88 Å². The normalized spacial score (nSPS) is 11.3. The molecule has 2 N–H and O–H groups in total. The van der Waals surface area contributed by atoms with E-state index >= 15 is 0 Å². The number of aromatic nitrogens is 1. The third-order valence-corrected chi connectivity index (χ3v) is 6.70. The highest BCUT2D eigenvalue weighted by Gasteiger charge is 2.20. The molecular weight excluding hydrogens is 378 g/mol. The SMILES string of the molecule is Cc1nc(NC(=O)c2sccc2NS(=O)(=O)c2ccccc2)sc1C. The molecule has 3 aromatic rings. The van der Waals surface area contributed by atoms with E-state index in [4.69, 9.17) is 0 Å². The van der Waals surface area contributed by atoms with Crippen LogP contribution in [0.15, 0.2) is 46.7 Å². The smallest absolute Gasteiger partial charge is 0.269 e. The third kappa shape index (κ3) is 3.89. The number of rotatable bonds is 5. The van der Waals surface area contributed by atoms with Crippen molar-refractivity contribution in [2.45, 2.75) is 18.7 Å². The van der Waals surface area contributed by atoms with Crippen molar-refractivity contribution in [3.8, 4) is 0 Å². The lowest BCUT2D eigenvalue weighted by Crippen LogP contribution is -2.17. The Bertz CT molecular complexity index is 988. The Balaban J connectivity index is 1.82. The number of benzene rings is 1. The number of hydrogen-bond donors (Lipinski definition) is 2. The number of thiazole rings is 1. The predicted molar refractivity (Wildman–Crippen MR) is 101 cm³/mol. The number of thiophene rings is 1. The van der Waals surface area contributed by atoms with Crippen LogP contribution in [0, 0.1) is 13.8 Å². The van der Waals surface area contributed by atoms with Crippen LogP contribution in [0.4, 0.5) is 10.8 Å². The van der Waals surface area contributed by atoms with Crippen LogP contribution in [0.25, 0.3) is 0 Å². The van der Waals surface area contributed by atoms with Crippen molar-refractivity contribution < 1.29 is 13.2 Å². The first kappa shape index (κ1) is 17.6. The summed E-state index contributed by atoms with van der Waals surface area (Å²) in [4.78, 5) is 18.2. The number of anilines is 2. The minimum Gasteiger partial charge on any atom is -0.297 e. The number of nitrogens with zero attached hydrogens (tertiary/aromatic N) is 1. The topological polar surface area (TPSA) is 88.2 Å². The lowest BCUT2D eigenvalue weighted by Gasteiger charge is -2.08. The van der Waals surface area contributed by atoms with Gasteiger partial charge in [0.25, 0.3) is 15.9 Å². The van der Waals surface area contributed by atoms with E-state index in [0.29, 0.717) is 5.13 Å². The molecule has 1 amide bonds. The summed E-state index contributed by atoms with van der Waals surface area (Å²) in [6.45, 7) is 3.79. The number of aryl methyl sites for hydroxylation is 2. The Morgan fingerprint density at radius 2 is 1.84 bits per heavy atom. The van der Waals surface area contributed by atoms with Gasteiger partial charge in [-0.05, 0) is 37.4 Å². The van der Waals surface area contributed by atoms with E-state index in [0.717, 1.165) is 21.9 Å². The van der Waals surface area contributed by atoms with Crippen LogP contribution >= 0.6 is 22.7 Å². The van der Waals surface area contributed by atoms with Crippen molar-refractivity contribution in [2.24, 2.45) is 0 Å². The summed E-state index contributed by atoms with van der Waals surface area (Å²) in [7, 11) is -3.75. The number of hydrogen-bond acceptors (Lipinski definition) is 6. The Morgan fingerprint density at radius 3 is 2.48 bits per heavy atom. The summed E-state index contributed by atoms with van der Waals surface area (Å²) in [5.74, 6) is -0.394. The van der Waals surface area contributed by atoms with Gasteiger partial charge in [-0.2, -0.15) is 0 Å². The standard InChI is InChI=1S/C16H15N3O3S3/c1-10-11(2)24-16(17-10)18-15(20)14-13(8-9-23-14)19-25(21,22)12-6-4-3-5-7-12/h3-9,19H,1-2H3,(H,17,18,20). The molecule has 0 atom stereocenters. The molecule has 25 heavy (non-hydrogen) atoms. The summed E-state index contributed by atoms with van der Waals surface area (Å²) >= 11 is 2.54. The monoisotopic (exact) mass is 393 g/mol. The Kier molecular flexibility index (Phi) is 4.89. The molecule has 0 bridgehead atoms. The van der Waals surface area contributed by atoms with Gasteiger partial charge in [-0.25, -0.2) is 13.4 Å². The number of carbonyl (C=O) groups excluding carboxylic acids is 1. The van der Waals surface area contributed by atoms with Crippen LogP contribution in [-0.2, 0) is 10.0 Å². The molecule has 0 aliphatic rings. The van der Waals surface area contributed by atoms with E-state index in [1.165, 1.54) is 23.5 Å². The van der Waals surface area contributed by atoms with Crippen LogP contribution in [0.5, 0.6) is 0 Å². The molecule has 2 heterocycles. The van der Waals surface area contributed by atoms with E-state index in [9.17, 15) is 13.2 Å². The van der Waals surface area contributed by atoms with Gasteiger partial charge in [-0.1, -0.05) is 18.2 Å². The number of carbonyl (C=O) groups is 1. The Hall–Kier alpha value is -2.23. The fraction of sp³-hybridized carbons (Fsp3) is 0.125. The summed E-state index contributed by atoms with van der Waals surface area (Å²) in [6, 6.07) is 9.58. The maximum absolute atomic E-state index is 12.5. The molecule has 2 aromatic heterocycles. The van der Waals surface area contributed by atoms with E-state index in [2.05, 4.69) is 15.0 Å². The second-order valence-corrected chi connectivity index (χ2v) is 9.00. The average molecular weight is 394 g/mol. The van der Waals surface area contributed by atoms with Gasteiger partial charge in [0, 0.05) is 4.88 Å². The molecule has 6 nitrogen and oxygen atoms in total. The number of sulfonamides is 1. The van der Waals surface area contributed by atoms with Gasteiger partial charge < -0.3 is 0 Å². The number of nitrogens with one attached hydrogen (secondary N) is 2. The quantitative estimate of drug-likeness (QED) is 0.689. The van der Waals surface area contributed by atoms with Crippen molar-refractivity contribution in [3.05, 3.63) is 57.2 Å². The second-order valence-electron chi connectivity index (χ2n) is 5.20. The summed E-state index contributed by atoms with van der Waals surface area (Å²) in [5, 5.41) is 4.87. The second kappa shape index (κ2) is 6.95. The van der Waals surface area contributed by atoms with Crippen LogP contribution in [0.3, 0.4) is 0 Å². The van der Waals surface area contributed by atoms with Gasteiger partial charge in [-0.15, -0.1) is 22.7 Å². The van der Waals surface area contributed by atoms with Crippen LogP contribution < -0.4 is 10.0 Å². The van der Waals surface area contributed by atoms with Crippen molar-refractivity contribution in [1.29, 1.82) is 0 Å². The molecule has 0 radical (unpaired) electrons. The molecule has 3 rings (SSSR count). The highest BCUT2D eigenvalue weighted by Crippen LogP contribution is 2.28. The number of amides is 1. The van der Waals surface area contributed by atoms with Gasteiger partial charge in [0.05, 0.1) is 16.3 Å². The van der Waals surface area contributed by atoms with Gasteiger partial charge >= 0.3 is 0 Å². The fourth-order valence-electron chi connectivity index (χ4n) is 2.05. The lowest BCUT2D eigenvalue weighted by atomic mass is 10.4. The van der Waals surface area contributed by atoms with E-state index in [-0.39, 0.29) is 15.5 Å². The molecule has 1 aromatic carbocycles. The maximum atomic E-state index is 12.5. The first-order valence-corrected chi connectivity index (χ1v) is 10.5. The minimum atomic E-state index is -3.75. The first-order valence-electron chi connectivity index (χ1n) is 7.27. The van der Waals surface area contributed by atoms with E-state index < -0.39 is 15.9 Å². The molecule has 0 spiro atoms. The lowest BCUT2D eigenvalue weighted by molar-refractivity contribution is 0.103. The van der Waals surface area contributed by atoms with Crippen molar-refractivity contribution in [1.82, 2.24) is 4.98 Å². The zero-order valence-electron chi connectivity index (χ0n) is 13.4. The molecule has 0 unspecified atom stereocenters. The van der Waals surface area contributed by atoms with Gasteiger partial charge in [-0.3, -0.25) is 14.8 Å².